The normalized spacial score (nSPS) is 9.96. The van der Waals surface area contributed by atoms with Crippen molar-refractivity contribution in [1.29, 1.82) is 5.26 Å². The highest BCUT2D eigenvalue weighted by atomic mass is 35.5. The minimum atomic E-state index is -0.471. The fourth-order valence-corrected chi connectivity index (χ4v) is 2.63. The standard InChI is InChI=1S/C19H17Cl2N3O3/c20-13-6-7-16(17(21)10-13)19(26)23-12-18(25)24-14-4-3-5-15(11-14)27-9-2-1-8-22/h3-7,10-11H,1-2,9,12H2,(H,23,26)(H,24,25). The molecule has 140 valence electrons. The van der Waals surface area contributed by atoms with Gasteiger partial charge in [0.2, 0.25) is 5.91 Å². The van der Waals surface area contributed by atoms with Crippen LogP contribution >= 0.6 is 23.2 Å². The third-order valence-electron chi connectivity index (χ3n) is 3.40. The van der Waals surface area contributed by atoms with Gasteiger partial charge in [-0.3, -0.25) is 9.59 Å². The number of nitriles is 1. The number of ether oxygens (including phenoxy) is 1. The lowest BCUT2D eigenvalue weighted by Gasteiger charge is -2.10. The van der Waals surface area contributed by atoms with Gasteiger partial charge >= 0.3 is 0 Å². The second kappa shape index (κ2) is 10.4. The van der Waals surface area contributed by atoms with Crippen LogP contribution in [0.15, 0.2) is 42.5 Å². The van der Waals surface area contributed by atoms with Crippen LogP contribution in [0.3, 0.4) is 0 Å². The quantitative estimate of drug-likeness (QED) is 0.648. The van der Waals surface area contributed by atoms with Gasteiger partial charge in [-0.1, -0.05) is 29.3 Å². The summed E-state index contributed by atoms with van der Waals surface area (Å²) in [5.74, 6) is -0.279. The Morgan fingerprint density at radius 2 is 1.96 bits per heavy atom. The van der Waals surface area contributed by atoms with Gasteiger partial charge in [-0.25, -0.2) is 0 Å². The van der Waals surface area contributed by atoms with E-state index in [1.54, 1.807) is 30.3 Å². The average Bonchev–Trinajstić information content (AvgIpc) is 2.64. The summed E-state index contributed by atoms with van der Waals surface area (Å²) in [4.78, 5) is 24.1. The van der Waals surface area contributed by atoms with Crippen molar-refractivity contribution in [3.05, 3.63) is 58.1 Å². The molecule has 0 unspecified atom stereocenters. The number of hydrogen-bond donors (Lipinski definition) is 2. The highest BCUT2D eigenvalue weighted by molar-refractivity contribution is 6.36. The predicted octanol–water partition coefficient (Wildman–Crippen LogP) is 4.04. The largest absolute Gasteiger partial charge is 0.493 e. The number of rotatable bonds is 8. The molecule has 0 aliphatic rings. The Morgan fingerprint density at radius 1 is 1.15 bits per heavy atom. The first-order valence-electron chi connectivity index (χ1n) is 8.12. The van der Waals surface area contributed by atoms with Crippen LogP contribution in [-0.4, -0.2) is 25.0 Å². The van der Waals surface area contributed by atoms with Crippen molar-refractivity contribution >= 4 is 40.7 Å². The van der Waals surface area contributed by atoms with Crippen molar-refractivity contribution in [2.45, 2.75) is 12.8 Å². The van der Waals surface area contributed by atoms with Crippen LogP contribution in [0.4, 0.5) is 5.69 Å². The first-order chi connectivity index (χ1) is 13.0. The fraction of sp³-hybridized carbons (Fsp3) is 0.211. The maximum atomic E-state index is 12.1. The first kappa shape index (κ1) is 20.6. The number of nitrogens with one attached hydrogen (secondary N) is 2. The predicted molar refractivity (Wildman–Crippen MR) is 104 cm³/mol. The van der Waals surface area contributed by atoms with Crippen LogP contribution in [0.25, 0.3) is 0 Å². The number of benzene rings is 2. The van der Waals surface area contributed by atoms with Gasteiger partial charge < -0.3 is 15.4 Å². The molecule has 0 aliphatic heterocycles. The van der Waals surface area contributed by atoms with E-state index in [0.717, 1.165) is 0 Å². The van der Waals surface area contributed by atoms with E-state index in [9.17, 15) is 9.59 Å². The molecule has 6 nitrogen and oxygen atoms in total. The number of carbonyl (C=O) groups excluding carboxylic acids is 2. The molecule has 2 amide bonds. The number of nitrogens with zero attached hydrogens (tertiary/aromatic N) is 1. The van der Waals surface area contributed by atoms with Gasteiger partial charge in [0.05, 0.1) is 29.8 Å². The SMILES string of the molecule is N#CCCCOc1cccc(NC(=O)CNC(=O)c2ccc(Cl)cc2Cl)c1. The van der Waals surface area contributed by atoms with Gasteiger partial charge in [0.1, 0.15) is 5.75 Å². The van der Waals surface area contributed by atoms with Crippen LogP contribution in [0, 0.1) is 11.3 Å². The van der Waals surface area contributed by atoms with Crippen molar-refractivity contribution in [1.82, 2.24) is 5.32 Å². The lowest BCUT2D eigenvalue weighted by molar-refractivity contribution is -0.115. The van der Waals surface area contributed by atoms with Crippen molar-refractivity contribution in [3.63, 3.8) is 0 Å². The van der Waals surface area contributed by atoms with E-state index < -0.39 is 11.8 Å². The lowest BCUT2D eigenvalue weighted by atomic mass is 10.2. The van der Waals surface area contributed by atoms with E-state index in [1.807, 2.05) is 6.07 Å². The summed E-state index contributed by atoms with van der Waals surface area (Å²) in [6.07, 6.45) is 1.06. The maximum absolute atomic E-state index is 12.1. The van der Waals surface area contributed by atoms with E-state index in [-0.39, 0.29) is 17.1 Å². The fourth-order valence-electron chi connectivity index (χ4n) is 2.14. The molecule has 0 atom stereocenters. The Hall–Kier alpha value is -2.75. The molecule has 0 saturated carbocycles. The molecule has 0 aromatic heterocycles. The van der Waals surface area contributed by atoms with Gasteiger partial charge in [-0.05, 0) is 36.8 Å². The Balaban J connectivity index is 1.85. The molecule has 27 heavy (non-hydrogen) atoms. The lowest BCUT2D eigenvalue weighted by Crippen LogP contribution is -2.33. The summed E-state index contributed by atoms with van der Waals surface area (Å²) in [6, 6.07) is 13.4. The highest BCUT2D eigenvalue weighted by Gasteiger charge is 2.12. The summed E-state index contributed by atoms with van der Waals surface area (Å²) in [5, 5.41) is 14.3. The molecule has 0 aliphatic carbocycles. The number of carbonyl (C=O) groups is 2. The molecular formula is C19H17Cl2N3O3. The van der Waals surface area contributed by atoms with Crippen LogP contribution in [0.2, 0.25) is 10.0 Å². The molecule has 0 fully saturated rings. The summed E-state index contributed by atoms with van der Waals surface area (Å²) in [5.41, 5.74) is 0.776. The average molecular weight is 406 g/mol. The van der Waals surface area contributed by atoms with E-state index >= 15 is 0 Å². The van der Waals surface area contributed by atoms with Crippen LogP contribution in [-0.2, 0) is 4.79 Å². The van der Waals surface area contributed by atoms with Gasteiger partial charge in [0, 0.05) is 23.2 Å². The molecule has 0 spiro atoms. The van der Waals surface area contributed by atoms with Crippen LogP contribution in [0.5, 0.6) is 5.75 Å². The number of hydrogen-bond acceptors (Lipinski definition) is 4. The third kappa shape index (κ3) is 6.81. The topological polar surface area (TPSA) is 91.2 Å². The van der Waals surface area contributed by atoms with Crippen molar-refractivity contribution in [2.75, 3.05) is 18.5 Å². The molecule has 2 aromatic rings. The number of halogens is 2. The third-order valence-corrected chi connectivity index (χ3v) is 3.95. The second-order valence-electron chi connectivity index (χ2n) is 5.49. The van der Waals surface area contributed by atoms with Gasteiger partial charge in [0.25, 0.3) is 5.91 Å². The van der Waals surface area contributed by atoms with Gasteiger partial charge in [0.15, 0.2) is 0 Å². The molecule has 0 radical (unpaired) electrons. The first-order valence-corrected chi connectivity index (χ1v) is 8.88. The monoisotopic (exact) mass is 405 g/mol. The molecule has 0 saturated heterocycles. The van der Waals surface area contributed by atoms with Gasteiger partial charge in [-0.2, -0.15) is 5.26 Å². The molecule has 0 bridgehead atoms. The zero-order valence-corrected chi connectivity index (χ0v) is 15.8. The Bertz CT molecular complexity index is 866. The Labute approximate surface area is 167 Å². The highest BCUT2D eigenvalue weighted by Crippen LogP contribution is 2.21. The van der Waals surface area contributed by atoms with Crippen LogP contribution in [0.1, 0.15) is 23.2 Å². The number of unbranched alkanes of at least 4 members (excludes halogenated alkanes) is 1. The molecule has 2 aromatic carbocycles. The van der Waals surface area contributed by atoms with Crippen molar-refractivity contribution in [3.8, 4) is 11.8 Å². The summed E-state index contributed by atoms with van der Waals surface area (Å²) >= 11 is 11.8. The molecule has 2 rings (SSSR count). The summed E-state index contributed by atoms with van der Waals surface area (Å²) < 4.78 is 5.51. The smallest absolute Gasteiger partial charge is 0.253 e. The zero-order chi connectivity index (χ0) is 19.6. The Morgan fingerprint density at radius 3 is 2.70 bits per heavy atom. The van der Waals surface area contributed by atoms with Crippen molar-refractivity contribution in [2.24, 2.45) is 0 Å². The molecular weight excluding hydrogens is 389 g/mol. The molecule has 0 heterocycles. The molecule has 8 heteroatoms. The van der Waals surface area contributed by atoms with Gasteiger partial charge in [-0.15, -0.1) is 0 Å². The summed E-state index contributed by atoms with van der Waals surface area (Å²) in [6.45, 7) is 0.202. The zero-order valence-electron chi connectivity index (χ0n) is 14.3. The Kier molecular flexibility index (Phi) is 7.93. The number of anilines is 1. The minimum Gasteiger partial charge on any atom is -0.493 e. The van der Waals surface area contributed by atoms with E-state index in [0.29, 0.717) is 35.9 Å². The van der Waals surface area contributed by atoms with E-state index in [2.05, 4.69) is 10.6 Å². The van der Waals surface area contributed by atoms with E-state index in [4.69, 9.17) is 33.2 Å². The molecule has 2 N–H and O–H groups in total. The van der Waals surface area contributed by atoms with Crippen LogP contribution < -0.4 is 15.4 Å². The summed E-state index contributed by atoms with van der Waals surface area (Å²) in [7, 11) is 0. The minimum absolute atomic E-state index is 0.210. The number of amides is 2. The second-order valence-corrected chi connectivity index (χ2v) is 6.34. The maximum Gasteiger partial charge on any atom is 0.253 e. The van der Waals surface area contributed by atoms with Crippen molar-refractivity contribution < 1.29 is 14.3 Å². The van der Waals surface area contributed by atoms with E-state index in [1.165, 1.54) is 12.1 Å².